The van der Waals surface area contributed by atoms with E-state index < -0.39 is 11.6 Å². The molecule has 0 radical (unpaired) electrons. The van der Waals surface area contributed by atoms with Crippen LogP contribution in [-0.4, -0.2) is 36.5 Å². The van der Waals surface area contributed by atoms with Crippen molar-refractivity contribution < 1.29 is 18.8 Å². The van der Waals surface area contributed by atoms with E-state index in [4.69, 9.17) is 5.73 Å². The van der Waals surface area contributed by atoms with E-state index in [-0.39, 0.29) is 36.6 Å². The zero-order valence-corrected chi connectivity index (χ0v) is 23.1. The van der Waals surface area contributed by atoms with E-state index in [0.29, 0.717) is 25.1 Å². The Balaban J connectivity index is 1.58. The molecule has 1 atom stereocenters. The summed E-state index contributed by atoms with van der Waals surface area (Å²) in [5.41, 5.74) is 10.5. The molecule has 3 aromatic rings. The Bertz CT molecular complexity index is 1380. The largest absolute Gasteiger partial charge is 0.344 e. The lowest BCUT2D eigenvalue weighted by Gasteiger charge is -2.27. The number of fused-ring (bicyclic) bond motifs is 1. The summed E-state index contributed by atoms with van der Waals surface area (Å²) < 4.78 is 14.1. The summed E-state index contributed by atoms with van der Waals surface area (Å²) in [7, 11) is 1.57. The van der Waals surface area contributed by atoms with Crippen molar-refractivity contribution in [1.29, 1.82) is 0 Å². The molecule has 1 aliphatic heterocycles. The van der Waals surface area contributed by atoms with E-state index in [0.717, 1.165) is 27.8 Å². The molecule has 8 nitrogen and oxygen atoms in total. The summed E-state index contributed by atoms with van der Waals surface area (Å²) in [4.78, 5) is 39.6. The molecule has 5 N–H and O–H groups in total. The number of halogens is 1. The van der Waals surface area contributed by atoms with E-state index in [9.17, 15) is 18.8 Å². The van der Waals surface area contributed by atoms with Gasteiger partial charge in [0.05, 0.1) is 6.54 Å². The maximum absolute atomic E-state index is 14.1. The molecule has 0 saturated heterocycles. The van der Waals surface area contributed by atoms with E-state index in [1.165, 1.54) is 12.1 Å². The number of nitrogens with zero attached hydrogens (tertiary/aromatic N) is 1. The van der Waals surface area contributed by atoms with Gasteiger partial charge in [-0.3, -0.25) is 9.59 Å². The van der Waals surface area contributed by atoms with Crippen molar-refractivity contribution in [3.63, 3.8) is 0 Å². The van der Waals surface area contributed by atoms with Gasteiger partial charge in [-0.15, -0.1) is 0 Å². The van der Waals surface area contributed by atoms with Crippen LogP contribution in [0.5, 0.6) is 0 Å². The van der Waals surface area contributed by atoms with E-state index in [1.807, 2.05) is 48.5 Å². The van der Waals surface area contributed by atoms with Gasteiger partial charge in [-0.1, -0.05) is 48.5 Å². The maximum atomic E-state index is 14.1. The van der Waals surface area contributed by atoms with Crippen molar-refractivity contribution in [3.8, 4) is 11.1 Å². The Labute approximate surface area is 234 Å². The first kappa shape index (κ1) is 28.8. The normalized spacial score (nSPS) is 15.2. The molecule has 210 valence electrons. The molecule has 40 heavy (non-hydrogen) atoms. The van der Waals surface area contributed by atoms with Gasteiger partial charge < -0.3 is 26.6 Å². The Hall–Kier alpha value is -4.24. The van der Waals surface area contributed by atoms with Crippen LogP contribution in [0.2, 0.25) is 0 Å². The van der Waals surface area contributed by atoms with Crippen molar-refractivity contribution >= 4 is 23.5 Å². The summed E-state index contributed by atoms with van der Waals surface area (Å²) in [5, 5.41) is 8.22. The molecule has 4 amide bonds. The van der Waals surface area contributed by atoms with Gasteiger partial charge >= 0.3 is 6.03 Å². The molecular formula is C31H36FN5O3. The van der Waals surface area contributed by atoms with Crippen molar-refractivity contribution in [2.45, 2.75) is 57.8 Å². The van der Waals surface area contributed by atoms with Crippen molar-refractivity contribution in [2.75, 3.05) is 11.9 Å². The highest BCUT2D eigenvalue weighted by Gasteiger charge is 2.32. The van der Waals surface area contributed by atoms with Gasteiger partial charge in [0.1, 0.15) is 11.9 Å². The third-order valence-corrected chi connectivity index (χ3v) is 6.84. The van der Waals surface area contributed by atoms with E-state index >= 15 is 0 Å². The second-order valence-corrected chi connectivity index (χ2v) is 10.8. The highest BCUT2D eigenvalue weighted by molar-refractivity contribution is 6.00. The van der Waals surface area contributed by atoms with Gasteiger partial charge in [0.2, 0.25) is 11.8 Å². The van der Waals surface area contributed by atoms with Crippen LogP contribution < -0.4 is 26.6 Å². The minimum atomic E-state index is -0.746. The zero-order chi connectivity index (χ0) is 28.9. The topological polar surface area (TPSA) is 117 Å². The van der Waals surface area contributed by atoms with Crippen LogP contribution >= 0.6 is 0 Å². The lowest BCUT2D eigenvalue weighted by molar-refractivity contribution is -0.128. The molecule has 0 bridgehead atoms. The predicted octanol–water partition coefficient (Wildman–Crippen LogP) is 4.01. The zero-order valence-electron chi connectivity index (χ0n) is 23.1. The number of aryl methyl sites for hydroxylation is 1. The monoisotopic (exact) mass is 545 g/mol. The smallest absolute Gasteiger partial charge is 0.314 e. The lowest BCUT2D eigenvalue weighted by atomic mass is 9.98. The summed E-state index contributed by atoms with van der Waals surface area (Å²) in [6, 6.07) is 19.1. The van der Waals surface area contributed by atoms with Crippen LogP contribution in [0.1, 0.15) is 43.4 Å². The van der Waals surface area contributed by atoms with Gasteiger partial charge in [-0.2, -0.15) is 0 Å². The SMILES string of the molecule is CNC(=O)NCc1ccccc1-c1ccc(CN2C(=O)[C@H](NC(=O)CC(C)(C)N)CCc3cc(F)ccc32)cc1. The van der Waals surface area contributed by atoms with Crippen molar-refractivity contribution in [3.05, 3.63) is 89.2 Å². The summed E-state index contributed by atoms with van der Waals surface area (Å²) in [5.74, 6) is -0.910. The fourth-order valence-electron chi connectivity index (χ4n) is 4.90. The molecule has 0 aliphatic carbocycles. The first-order valence-electron chi connectivity index (χ1n) is 13.3. The van der Waals surface area contributed by atoms with Gasteiger partial charge in [-0.25, -0.2) is 9.18 Å². The van der Waals surface area contributed by atoms with Gasteiger partial charge in [0.25, 0.3) is 0 Å². The maximum Gasteiger partial charge on any atom is 0.314 e. The molecule has 4 rings (SSSR count). The molecule has 1 aliphatic rings. The molecule has 0 spiro atoms. The van der Waals surface area contributed by atoms with Gasteiger partial charge in [0, 0.05) is 31.2 Å². The number of anilines is 1. The number of carbonyl (C=O) groups is 3. The Morgan fingerprint density at radius 2 is 1.80 bits per heavy atom. The molecule has 9 heteroatoms. The molecule has 0 saturated carbocycles. The number of nitrogens with two attached hydrogens (primary N) is 1. The van der Waals surface area contributed by atoms with Crippen LogP contribution in [-0.2, 0) is 29.1 Å². The number of urea groups is 1. The minimum Gasteiger partial charge on any atom is -0.344 e. The Kier molecular flexibility index (Phi) is 8.84. The summed E-state index contributed by atoms with van der Waals surface area (Å²) >= 11 is 0. The highest BCUT2D eigenvalue weighted by Crippen LogP contribution is 2.30. The second-order valence-electron chi connectivity index (χ2n) is 10.8. The van der Waals surface area contributed by atoms with Gasteiger partial charge in [0.15, 0.2) is 0 Å². The van der Waals surface area contributed by atoms with Crippen LogP contribution in [0, 0.1) is 5.82 Å². The second kappa shape index (κ2) is 12.3. The number of hydrogen-bond acceptors (Lipinski definition) is 4. The third-order valence-electron chi connectivity index (χ3n) is 6.84. The molecule has 0 unspecified atom stereocenters. The number of carbonyl (C=O) groups excluding carboxylic acids is 3. The molecule has 3 aromatic carbocycles. The lowest BCUT2D eigenvalue weighted by Crippen LogP contribution is -2.49. The standard InChI is InChI=1S/C31H36FN5O3/c1-31(2,33)17-28(38)36-26-14-12-22-16-24(32)13-15-27(22)37(29(26)39)19-20-8-10-21(11-9-20)25-7-5-4-6-23(25)18-35-30(40)34-3/h4-11,13,15-16,26H,12,14,17-19,33H2,1-3H3,(H,36,38)(H2,34,35,40)/t26-/m1/s1. The summed E-state index contributed by atoms with van der Waals surface area (Å²) in [6.07, 6.45) is 0.897. The van der Waals surface area contributed by atoms with Crippen LogP contribution in [0.4, 0.5) is 14.9 Å². The first-order chi connectivity index (χ1) is 19.0. The Morgan fingerprint density at radius 3 is 2.50 bits per heavy atom. The fourth-order valence-corrected chi connectivity index (χ4v) is 4.90. The number of benzene rings is 3. The number of hydrogen-bond donors (Lipinski definition) is 4. The average Bonchev–Trinajstić information content (AvgIpc) is 3.03. The third kappa shape index (κ3) is 7.24. The molecule has 1 heterocycles. The first-order valence-corrected chi connectivity index (χ1v) is 13.3. The number of nitrogens with one attached hydrogen (secondary N) is 3. The quantitative estimate of drug-likeness (QED) is 0.342. The number of rotatable bonds is 8. The number of amides is 4. The predicted molar refractivity (Wildman–Crippen MR) is 154 cm³/mol. The van der Waals surface area contributed by atoms with E-state index in [2.05, 4.69) is 16.0 Å². The summed E-state index contributed by atoms with van der Waals surface area (Å²) in [6.45, 7) is 4.15. The van der Waals surface area contributed by atoms with Crippen molar-refractivity contribution in [2.24, 2.45) is 5.73 Å². The average molecular weight is 546 g/mol. The van der Waals surface area contributed by atoms with Gasteiger partial charge in [-0.05, 0) is 72.7 Å². The molecule has 0 fully saturated rings. The highest BCUT2D eigenvalue weighted by atomic mass is 19.1. The molecule has 0 aromatic heterocycles. The van der Waals surface area contributed by atoms with Crippen molar-refractivity contribution in [1.82, 2.24) is 16.0 Å². The fraction of sp³-hybridized carbons (Fsp3) is 0.323. The van der Waals surface area contributed by atoms with E-state index in [1.54, 1.807) is 31.9 Å². The van der Waals surface area contributed by atoms with Crippen LogP contribution in [0.3, 0.4) is 0 Å². The van der Waals surface area contributed by atoms with Crippen LogP contribution in [0.15, 0.2) is 66.7 Å². The van der Waals surface area contributed by atoms with Crippen LogP contribution in [0.25, 0.3) is 11.1 Å². The molecular weight excluding hydrogens is 509 g/mol. The minimum absolute atomic E-state index is 0.0833. The Morgan fingerprint density at radius 1 is 1.07 bits per heavy atom.